The summed E-state index contributed by atoms with van der Waals surface area (Å²) >= 11 is 1.37. The Morgan fingerprint density at radius 1 is 0.671 bits per heavy atom. The van der Waals surface area contributed by atoms with Crippen LogP contribution in [0.15, 0.2) is 30.3 Å². The van der Waals surface area contributed by atoms with Crippen molar-refractivity contribution in [3.05, 3.63) is 35.9 Å². The van der Waals surface area contributed by atoms with Gasteiger partial charge in [-0.15, -0.1) is 0 Å². The van der Waals surface area contributed by atoms with Crippen LogP contribution in [0, 0.1) is 11.8 Å². The summed E-state index contributed by atoms with van der Waals surface area (Å²) in [6, 6.07) is -4.31. The quantitative estimate of drug-likeness (QED) is 0.0342. The number of carboxylic acids is 2. The van der Waals surface area contributed by atoms with E-state index in [1.54, 1.807) is 50.4 Å². The molecular weight excluding hydrogens is 973 g/mol. The molecule has 0 aromatic heterocycles. The Kier molecular flexibility index (Phi) is 27.4. The number of aliphatic hydroxyl groups excluding tert-OH is 2. The van der Waals surface area contributed by atoms with Crippen molar-refractivity contribution in [2.75, 3.05) is 25.1 Å². The number of amides is 8. The molecule has 1 heterocycles. The van der Waals surface area contributed by atoms with Crippen LogP contribution in [-0.2, 0) is 54.4 Å². The van der Waals surface area contributed by atoms with Gasteiger partial charge in [0.15, 0.2) is 0 Å². The summed E-state index contributed by atoms with van der Waals surface area (Å²) in [6.07, 6.45) is -0.963. The van der Waals surface area contributed by atoms with Crippen molar-refractivity contribution in [3.63, 3.8) is 0 Å². The maximum atomic E-state index is 14.1. The number of aliphatic carboxylic acids is 2. The number of aliphatic hydroxyl groups is 2. The van der Waals surface area contributed by atoms with Gasteiger partial charge >= 0.3 is 11.9 Å². The summed E-state index contributed by atoms with van der Waals surface area (Å²) < 4.78 is 0. The zero-order chi connectivity index (χ0) is 55.1. The van der Waals surface area contributed by atoms with Crippen molar-refractivity contribution >= 4 is 71.0 Å². The summed E-state index contributed by atoms with van der Waals surface area (Å²) in [5, 5.41) is 57.8. The highest BCUT2D eigenvalue weighted by molar-refractivity contribution is 7.98. The number of nitrogens with one attached hydrogen (secondary N) is 7. The molecule has 0 aliphatic carbocycles. The van der Waals surface area contributed by atoms with Crippen LogP contribution < -0.4 is 48.7 Å². The molecule has 1 aliphatic rings. The second-order valence-electron chi connectivity index (χ2n) is 19.0. The lowest BCUT2D eigenvalue weighted by Crippen LogP contribution is -2.63. The molecule has 1 aromatic carbocycles. The van der Waals surface area contributed by atoms with Crippen LogP contribution in [0.4, 0.5) is 0 Å². The molecule has 1 aromatic rings. The van der Waals surface area contributed by atoms with Crippen molar-refractivity contribution in [2.24, 2.45) is 23.3 Å². The summed E-state index contributed by atoms with van der Waals surface area (Å²) in [5.74, 6) is -10.2. The molecule has 0 saturated carbocycles. The highest BCUT2D eigenvalue weighted by Crippen LogP contribution is 2.21. The average molecular weight is 1050 g/mol. The number of likely N-dealkylation sites (tertiary alicyclic amines) is 1. The van der Waals surface area contributed by atoms with Crippen LogP contribution >= 0.6 is 11.8 Å². The number of hydrogen-bond donors (Lipinski definition) is 13. The third-order valence-corrected chi connectivity index (χ3v) is 12.6. The fourth-order valence-corrected chi connectivity index (χ4v) is 8.45. The number of thioether (sulfide) groups is 1. The van der Waals surface area contributed by atoms with Gasteiger partial charge in [0.2, 0.25) is 47.3 Å². The fraction of sp³-hybridized carbons (Fsp3) is 0.667. The van der Waals surface area contributed by atoms with Gasteiger partial charge in [-0.25, -0.2) is 4.79 Å². The Balaban J connectivity index is 2.37. The first kappa shape index (κ1) is 63.2. The first-order valence-electron chi connectivity index (χ1n) is 24.5. The summed E-state index contributed by atoms with van der Waals surface area (Å²) in [7, 11) is 0. The van der Waals surface area contributed by atoms with Gasteiger partial charge in [-0.1, -0.05) is 58.0 Å². The molecule has 11 unspecified atom stereocenters. The molecule has 410 valence electrons. The van der Waals surface area contributed by atoms with E-state index in [-0.39, 0.29) is 51.1 Å². The number of carbonyl (C=O) groups excluding carboxylic acids is 8. The Labute approximate surface area is 430 Å². The van der Waals surface area contributed by atoms with Crippen LogP contribution in [0.2, 0.25) is 0 Å². The fourth-order valence-electron chi connectivity index (χ4n) is 7.98. The Bertz CT molecular complexity index is 2030. The van der Waals surface area contributed by atoms with Gasteiger partial charge in [0.1, 0.15) is 48.3 Å². The van der Waals surface area contributed by atoms with Crippen LogP contribution in [0.3, 0.4) is 0 Å². The standard InChI is InChI=1S/C48H78N10O14S/c1-25(2)22-30(50)47(70)58-20-13-17-35(58)43(66)54-33(23-29-14-9-8-10-15-29)41(64)53-34(24-36(61)62)42(65)51-31(16-11-12-19-49)40(63)56-38(27(5)59)46(69)57-39(28(6)60)45(68)55-37(26(3)4)44(67)52-32(48(71)72)18-21-73-7/h8-10,14-15,25-28,30-35,37-39,59-60H,11-13,16-24,49-50H2,1-7H3,(H,51,65)(H,52,67)(H,53,64)(H,54,66)(H,55,68)(H,56,63)(H,57,69)(H,61,62)(H,71,72). The van der Waals surface area contributed by atoms with E-state index in [0.717, 1.165) is 13.8 Å². The summed E-state index contributed by atoms with van der Waals surface area (Å²) in [4.78, 5) is 135. The van der Waals surface area contributed by atoms with Gasteiger partial charge in [-0.05, 0) is 94.7 Å². The van der Waals surface area contributed by atoms with Gasteiger partial charge in [0.05, 0.1) is 24.7 Å². The maximum Gasteiger partial charge on any atom is 0.326 e. The number of unbranched alkanes of at least 4 members (excludes halogenated alkanes) is 1. The monoisotopic (exact) mass is 1050 g/mol. The van der Waals surface area contributed by atoms with E-state index in [0.29, 0.717) is 30.6 Å². The van der Waals surface area contributed by atoms with E-state index in [1.807, 2.05) is 13.8 Å². The zero-order valence-corrected chi connectivity index (χ0v) is 43.6. The van der Waals surface area contributed by atoms with Crippen LogP contribution in [-0.4, -0.2) is 176 Å². The van der Waals surface area contributed by atoms with Crippen molar-refractivity contribution < 1.29 is 68.4 Å². The average Bonchev–Trinajstić information content (AvgIpc) is 3.81. The smallest absolute Gasteiger partial charge is 0.326 e. The number of carboxylic acid groups (broad SMARTS) is 2. The largest absolute Gasteiger partial charge is 0.481 e. The van der Waals surface area contributed by atoms with Crippen molar-refractivity contribution in [3.8, 4) is 0 Å². The third kappa shape index (κ3) is 21.2. The molecule has 0 radical (unpaired) electrons. The topological polar surface area (TPSA) is 391 Å². The van der Waals surface area contributed by atoms with E-state index >= 15 is 0 Å². The number of benzene rings is 1. The first-order valence-corrected chi connectivity index (χ1v) is 25.9. The number of carbonyl (C=O) groups is 10. The van der Waals surface area contributed by atoms with Crippen LogP contribution in [0.25, 0.3) is 0 Å². The lowest BCUT2D eigenvalue weighted by molar-refractivity contribution is -0.143. The highest BCUT2D eigenvalue weighted by Gasteiger charge is 2.40. The number of nitrogens with two attached hydrogens (primary N) is 2. The lowest BCUT2D eigenvalue weighted by atomic mass is 10.0. The molecular formula is C48H78N10O14S. The second-order valence-corrected chi connectivity index (χ2v) is 20.0. The van der Waals surface area contributed by atoms with Gasteiger partial charge in [-0.3, -0.25) is 43.2 Å². The molecule has 25 heteroatoms. The molecule has 2 rings (SSSR count). The normalized spacial score (nSPS) is 17.5. The molecule has 73 heavy (non-hydrogen) atoms. The molecule has 11 atom stereocenters. The molecule has 24 nitrogen and oxygen atoms in total. The van der Waals surface area contributed by atoms with Gasteiger partial charge < -0.3 is 74.0 Å². The number of rotatable bonds is 32. The predicted octanol–water partition coefficient (Wildman–Crippen LogP) is -2.15. The highest BCUT2D eigenvalue weighted by atomic mass is 32.2. The van der Waals surface area contributed by atoms with Crippen molar-refractivity contribution in [2.45, 2.75) is 166 Å². The number of nitrogens with zero attached hydrogens (tertiary/aromatic N) is 1. The third-order valence-electron chi connectivity index (χ3n) is 12.0. The maximum absolute atomic E-state index is 14.1. The predicted molar refractivity (Wildman–Crippen MR) is 270 cm³/mol. The summed E-state index contributed by atoms with van der Waals surface area (Å²) in [6.45, 7) is 9.68. The molecule has 15 N–H and O–H groups in total. The molecule has 8 amide bonds. The van der Waals surface area contributed by atoms with Gasteiger partial charge in [-0.2, -0.15) is 11.8 Å². The minimum absolute atomic E-state index is 0.0914. The SMILES string of the molecule is CSCCC(NC(=O)C(NC(=O)C(NC(=O)C(NC(=O)C(CCCCN)NC(=O)C(CC(=O)O)NC(=O)C(Cc1ccccc1)NC(=O)C1CCCN1C(=O)C(N)CC(C)C)C(C)O)C(C)O)C(C)C)C(=O)O. The minimum atomic E-state index is -1.85. The van der Waals surface area contributed by atoms with E-state index in [1.165, 1.54) is 16.7 Å². The van der Waals surface area contributed by atoms with Crippen LogP contribution in [0.5, 0.6) is 0 Å². The Morgan fingerprint density at radius 2 is 1.19 bits per heavy atom. The summed E-state index contributed by atoms with van der Waals surface area (Å²) in [5.41, 5.74) is 12.5. The molecule has 0 spiro atoms. The van der Waals surface area contributed by atoms with E-state index in [9.17, 15) is 68.4 Å². The van der Waals surface area contributed by atoms with E-state index < -0.39 is 138 Å². The Hall–Kier alpha value is -5.89. The van der Waals surface area contributed by atoms with Crippen molar-refractivity contribution in [1.82, 2.24) is 42.1 Å². The Morgan fingerprint density at radius 3 is 1.71 bits per heavy atom. The number of hydrogen-bond acceptors (Lipinski definition) is 15. The molecule has 1 fully saturated rings. The van der Waals surface area contributed by atoms with Crippen molar-refractivity contribution in [1.29, 1.82) is 0 Å². The van der Waals surface area contributed by atoms with E-state index in [2.05, 4.69) is 37.2 Å². The molecule has 1 aliphatic heterocycles. The minimum Gasteiger partial charge on any atom is -0.481 e. The van der Waals surface area contributed by atoms with Crippen LogP contribution in [0.1, 0.15) is 98.5 Å². The second kappa shape index (κ2) is 31.6. The lowest BCUT2D eigenvalue weighted by Gasteiger charge is -2.30. The molecule has 0 bridgehead atoms. The first-order chi connectivity index (χ1) is 34.3. The molecule has 1 saturated heterocycles. The van der Waals surface area contributed by atoms with Gasteiger partial charge in [0, 0.05) is 13.0 Å². The van der Waals surface area contributed by atoms with Gasteiger partial charge in [0.25, 0.3) is 0 Å². The zero-order valence-electron chi connectivity index (χ0n) is 42.8. The van der Waals surface area contributed by atoms with E-state index in [4.69, 9.17) is 11.5 Å².